The lowest BCUT2D eigenvalue weighted by atomic mass is 9.92. The highest BCUT2D eigenvalue weighted by Crippen LogP contribution is 2.26. The predicted octanol–water partition coefficient (Wildman–Crippen LogP) is 1.42. The van der Waals surface area contributed by atoms with E-state index in [4.69, 9.17) is 0 Å². The van der Waals surface area contributed by atoms with Gasteiger partial charge in [0.25, 0.3) is 5.69 Å². The van der Waals surface area contributed by atoms with E-state index in [-0.39, 0.29) is 18.9 Å². The zero-order valence-electron chi connectivity index (χ0n) is 14.7. The second kappa shape index (κ2) is 7.73. The average molecular weight is 348 g/mol. The summed E-state index contributed by atoms with van der Waals surface area (Å²) in [4.78, 5) is 12.4. The van der Waals surface area contributed by atoms with Crippen molar-refractivity contribution in [3.63, 3.8) is 0 Å². The van der Waals surface area contributed by atoms with Crippen LogP contribution in [-0.2, 0) is 13.6 Å². The van der Waals surface area contributed by atoms with E-state index in [9.17, 15) is 20.3 Å². The lowest BCUT2D eigenvalue weighted by Gasteiger charge is -2.30. The molecule has 0 saturated carbocycles. The first-order valence-corrected chi connectivity index (χ1v) is 7.95. The first kappa shape index (κ1) is 19.0. The summed E-state index contributed by atoms with van der Waals surface area (Å²) in [6.45, 7) is 2.72. The molecule has 0 radical (unpaired) electrons. The number of non-ortho nitro benzene ring substituents is 1. The Morgan fingerprint density at radius 3 is 2.40 bits per heavy atom. The molecule has 0 spiro atoms. The Hall–Kier alpha value is -2.29. The molecule has 2 N–H and O–H groups in total. The molecule has 0 aliphatic heterocycles. The number of hydrogen-bond donors (Lipinski definition) is 2. The van der Waals surface area contributed by atoms with Gasteiger partial charge in [0.15, 0.2) is 0 Å². The van der Waals surface area contributed by atoms with Crippen molar-refractivity contribution < 1.29 is 15.1 Å². The number of aliphatic hydroxyl groups excluding tert-OH is 2. The van der Waals surface area contributed by atoms with Gasteiger partial charge in [-0.25, -0.2) is 0 Å². The second-order valence-electron chi connectivity index (χ2n) is 6.78. The molecular formula is C17H24N4O4. The molecule has 0 atom stereocenters. The molecule has 2 rings (SSSR count). The lowest BCUT2D eigenvalue weighted by molar-refractivity contribution is -0.384. The third-order valence-electron chi connectivity index (χ3n) is 4.11. The van der Waals surface area contributed by atoms with Crippen LogP contribution >= 0.6 is 0 Å². The zero-order chi connectivity index (χ0) is 18.6. The van der Waals surface area contributed by atoms with E-state index in [0.29, 0.717) is 13.1 Å². The van der Waals surface area contributed by atoms with Crippen molar-refractivity contribution >= 4 is 5.69 Å². The fraction of sp³-hybridized carbons (Fsp3) is 0.471. The van der Waals surface area contributed by atoms with Gasteiger partial charge in [0, 0.05) is 55.0 Å². The SMILES string of the molecule is CN(Cc1cn(C)nc1-c1ccc([N+](=O)[O-])cc1)CC(C)(CO)CO. The van der Waals surface area contributed by atoms with E-state index in [0.717, 1.165) is 16.8 Å². The molecule has 0 fully saturated rings. The molecule has 136 valence electrons. The molecule has 1 aromatic heterocycles. The van der Waals surface area contributed by atoms with Crippen LogP contribution in [0.4, 0.5) is 5.69 Å². The minimum Gasteiger partial charge on any atom is -0.396 e. The Balaban J connectivity index is 2.21. The molecule has 2 aromatic rings. The predicted molar refractivity (Wildman–Crippen MR) is 93.9 cm³/mol. The van der Waals surface area contributed by atoms with Crippen molar-refractivity contribution in [1.82, 2.24) is 14.7 Å². The van der Waals surface area contributed by atoms with Crippen molar-refractivity contribution in [1.29, 1.82) is 0 Å². The molecule has 1 heterocycles. The van der Waals surface area contributed by atoms with Gasteiger partial charge in [-0.15, -0.1) is 0 Å². The van der Waals surface area contributed by atoms with Gasteiger partial charge in [-0.2, -0.15) is 5.10 Å². The number of aromatic nitrogens is 2. The number of aliphatic hydroxyl groups is 2. The highest BCUT2D eigenvalue weighted by atomic mass is 16.6. The first-order chi connectivity index (χ1) is 11.8. The number of nitro groups is 1. The Bertz CT molecular complexity index is 723. The van der Waals surface area contributed by atoms with Crippen molar-refractivity contribution in [2.75, 3.05) is 26.8 Å². The van der Waals surface area contributed by atoms with Crippen molar-refractivity contribution in [2.45, 2.75) is 13.5 Å². The summed E-state index contributed by atoms with van der Waals surface area (Å²) in [5.74, 6) is 0. The summed E-state index contributed by atoms with van der Waals surface area (Å²) in [5.41, 5.74) is 2.00. The molecule has 0 amide bonds. The number of nitrogens with zero attached hydrogens (tertiary/aromatic N) is 4. The van der Waals surface area contributed by atoms with Gasteiger partial charge in [-0.05, 0) is 19.2 Å². The highest BCUT2D eigenvalue weighted by Gasteiger charge is 2.25. The van der Waals surface area contributed by atoms with Crippen LogP contribution in [0.3, 0.4) is 0 Å². The quantitative estimate of drug-likeness (QED) is 0.552. The molecule has 0 aliphatic carbocycles. The number of benzene rings is 1. The van der Waals surface area contributed by atoms with E-state index >= 15 is 0 Å². The van der Waals surface area contributed by atoms with E-state index < -0.39 is 10.3 Å². The maximum absolute atomic E-state index is 10.8. The average Bonchev–Trinajstić information content (AvgIpc) is 2.94. The first-order valence-electron chi connectivity index (χ1n) is 7.95. The Morgan fingerprint density at radius 2 is 1.88 bits per heavy atom. The summed E-state index contributed by atoms with van der Waals surface area (Å²) in [6, 6.07) is 6.31. The molecule has 8 heteroatoms. The number of rotatable bonds is 8. The fourth-order valence-electron chi connectivity index (χ4n) is 2.79. The Morgan fingerprint density at radius 1 is 1.28 bits per heavy atom. The normalized spacial score (nSPS) is 11.9. The minimum atomic E-state index is -0.579. The molecule has 25 heavy (non-hydrogen) atoms. The summed E-state index contributed by atoms with van der Waals surface area (Å²) < 4.78 is 1.71. The summed E-state index contributed by atoms with van der Waals surface area (Å²) in [5, 5.41) is 34.2. The van der Waals surface area contributed by atoms with Crippen LogP contribution < -0.4 is 0 Å². The zero-order valence-corrected chi connectivity index (χ0v) is 14.7. The van der Waals surface area contributed by atoms with E-state index in [1.165, 1.54) is 12.1 Å². The summed E-state index contributed by atoms with van der Waals surface area (Å²) in [7, 11) is 3.74. The van der Waals surface area contributed by atoms with E-state index in [1.54, 1.807) is 16.8 Å². The van der Waals surface area contributed by atoms with Crippen LogP contribution in [0.15, 0.2) is 30.5 Å². The topological polar surface area (TPSA) is 105 Å². The Labute approximate surface area is 146 Å². The van der Waals surface area contributed by atoms with Crippen LogP contribution in [0, 0.1) is 15.5 Å². The van der Waals surface area contributed by atoms with Gasteiger partial charge in [0.2, 0.25) is 0 Å². The summed E-state index contributed by atoms with van der Waals surface area (Å²) in [6.07, 6.45) is 1.91. The second-order valence-corrected chi connectivity index (χ2v) is 6.78. The van der Waals surface area contributed by atoms with Crippen LogP contribution in [0.1, 0.15) is 12.5 Å². The van der Waals surface area contributed by atoms with Crippen LogP contribution in [-0.4, -0.2) is 56.6 Å². The van der Waals surface area contributed by atoms with E-state index in [2.05, 4.69) is 5.10 Å². The van der Waals surface area contributed by atoms with Crippen LogP contribution in [0.5, 0.6) is 0 Å². The van der Waals surface area contributed by atoms with Crippen LogP contribution in [0.2, 0.25) is 0 Å². The monoisotopic (exact) mass is 348 g/mol. The van der Waals surface area contributed by atoms with Crippen molar-refractivity contribution in [3.8, 4) is 11.3 Å². The number of aryl methyl sites for hydroxylation is 1. The maximum atomic E-state index is 10.8. The highest BCUT2D eigenvalue weighted by molar-refractivity contribution is 5.64. The number of hydrogen-bond acceptors (Lipinski definition) is 6. The van der Waals surface area contributed by atoms with Gasteiger partial charge in [-0.1, -0.05) is 6.92 Å². The molecule has 1 aromatic carbocycles. The molecule has 8 nitrogen and oxygen atoms in total. The fourth-order valence-corrected chi connectivity index (χ4v) is 2.79. The standard InChI is InChI=1S/C17H24N4O4/c1-17(11-22,12-23)10-19(2)8-14-9-20(3)18-16(14)13-4-6-15(7-5-13)21(24)25/h4-7,9,22-23H,8,10-12H2,1-3H3. The molecular weight excluding hydrogens is 324 g/mol. The molecule has 0 unspecified atom stereocenters. The molecule has 0 bridgehead atoms. The van der Waals surface area contributed by atoms with Crippen molar-refractivity contribution in [3.05, 3.63) is 46.1 Å². The summed E-state index contributed by atoms with van der Waals surface area (Å²) >= 11 is 0. The lowest BCUT2D eigenvalue weighted by Crippen LogP contribution is -2.38. The van der Waals surface area contributed by atoms with Crippen molar-refractivity contribution in [2.24, 2.45) is 12.5 Å². The van der Waals surface area contributed by atoms with Gasteiger partial charge in [0.05, 0.1) is 23.8 Å². The minimum absolute atomic E-state index is 0.0417. The smallest absolute Gasteiger partial charge is 0.269 e. The number of nitro benzene ring substituents is 1. The third kappa shape index (κ3) is 4.62. The largest absolute Gasteiger partial charge is 0.396 e. The van der Waals surface area contributed by atoms with Gasteiger partial charge < -0.3 is 15.1 Å². The van der Waals surface area contributed by atoms with Crippen LogP contribution in [0.25, 0.3) is 11.3 Å². The third-order valence-corrected chi connectivity index (χ3v) is 4.11. The van der Waals surface area contributed by atoms with E-state index in [1.807, 2.05) is 32.1 Å². The molecule has 0 aliphatic rings. The Kier molecular flexibility index (Phi) is 5.89. The maximum Gasteiger partial charge on any atom is 0.269 e. The van der Waals surface area contributed by atoms with Gasteiger partial charge in [0.1, 0.15) is 0 Å². The van der Waals surface area contributed by atoms with Gasteiger partial charge >= 0.3 is 0 Å². The molecule has 0 saturated heterocycles. The van der Waals surface area contributed by atoms with Gasteiger partial charge in [-0.3, -0.25) is 14.8 Å².